The topological polar surface area (TPSA) is 62.8 Å². The van der Waals surface area contributed by atoms with E-state index in [1.54, 1.807) is 18.2 Å². The van der Waals surface area contributed by atoms with Crippen LogP contribution >= 0.6 is 47.2 Å². The average Bonchev–Trinajstić information content (AvgIpc) is 2.43. The van der Waals surface area contributed by atoms with E-state index in [1.165, 1.54) is 6.21 Å². The summed E-state index contributed by atoms with van der Waals surface area (Å²) in [7, 11) is 0. The lowest BCUT2D eigenvalue weighted by atomic mass is 10.2. The smallest absolute Gasteiger partial charge is 0.214 e. The molecule has 0 spiro atoms. The molecule has 0 amide bonds. The second kappa shape index (κ2) is 8.86. The summed E-state index contributed by atoms with van der Waals surface area (Å²) in [5.74, 6) is 0.177. The van der Waals surface area contributed by atoms with Crippen molar-refractivity contribution in [2.24, 2.45) is 15.8 Å². The zero-order valence-corrected chi connectivity index (χ0v) is 14.7. The maximum absolute atomic E-state index is 6.01. The molecule has 0 saturated carbocycles. The van der Waals surface area contributed by atoms with Crippen molar-refractivity contribution in [3.8, 4) is 0 Å². The van der Waals surface area contributed by atoms with Crippen molar-refractivity contribution in [2.75, 3.05) is 0 Å². The van der Waals surface area contributed by atoms with Gasteiger partial charge in [-0.1, -0.05) is 47.5 Å². The molecule has 0 aliphatic heterocycles. The largest absolute Gasteiger partial charge is 0.368 e. The molecule has 3 N–H and O–H groups in total. The Morgan fingerprint density at radius 1 is 1.00 bits per heavy atom. The highest BCUT2D eigenvalue weighted by atomic mass is 127. The van der Waals surface area contributed by atoms with Gasteiger partial charge in [-0.05, 0) is 24.3 Å². The molecule has 0 aliphatic carbocycles. The fourth-order valence-corrected chi connectivity index (χ4v) is 1.96. The SMILES string of the molecule is I.N/C(=N\c1ccccc1)N/N=C/c1c(Cl)cccc1Cl. The predicted molar refractivity (Wildman–Crippen MR) is 100 cm³/mol. The highest BCUT2D eigenvalue weighted by Gasteiger charge is 2.01. The highest BCUT2D eigenvalue weighted by molar-refractivity contribution is 14.0. The lowest BCUT2D eigenvalue weighted by Crippen LogP contribution is -2.26. The minimum Gasteiger partial charge on any atom is -0.368 e. The van der Waals surface area contributed by atoms with Gasteiger partial charge in [-0.25, -0.2) is 10.4 Å². The number of para-hydroxylation sites is 1. The van der Waals surface area contributed by atoms with E-state index in [-0.39, 0.29) is 29.9 Å². The van der Waals surface area contributed by atoms with Crippen LogP contribution in [0.15, 0.2) is 58.6 Å². The van der Waals surface area contributed by atoms with Crippen LogP contribution < -0.4 is 11.2 Å². The minimum atomic E-state index is 0. The Morgan fingerprint density at radius 3 is 2.24 bits per heavy atom. The van der Waals surface area contributed by atoms with Crippen molar-refractivity contribution < 1.29 is 0 Å². The van der Waals surface area contributed by atoms with Gasteiger partial charge in [0.25, 0.3) is 0 Å². The first-order chi connectivity index (χ1) is 9.66. The lowest BCUT2D eigenvalue weighted by Gasteiger charge is -2.01. The number of hydrogen-bond acceptors (Lipinski definition) is 2. The summed E-state index contributed by atoms with van der Waals surface area (Å²) in [4.78, 5) is 4.14. The summed E-state index contributed by atoms with van der Waals surface area (Å²) in [5.41, 5.74) is 9.68. The fourth-order valence-electron chi connectivity index (χ4n) is 1.46. The molecule has 7 heteroatoms. The third kappa shape index (κ3) is 5.53. The van der Waals surface area contributed by atoms with E-state index < -0.39 is 0 Å². The second-order valence-electron chi connectivity index (χ2n) is 3.84. The summed E-state index contributed by atoms with van der Waals surface area (Å²) >= 11 is 12.0. The second-order valence-corrected chi connectivity index (χ2v) is 4.65. The van der Waals surface area contributed by atoms with Crippen LogP contribution in [0.3, 0.4) is 0 Å². The van der Waals surface area contributed by atoms with Crippen molar-refractivity contribution in [3.63, 3.8) is 0 Å². The Hall–Kier alpha value is -1.31. The Morgan fingerprint density at radius 2 is 1.62 bits per heavy atom. The van der Waals surface area contributed by atoms with Crippen LogP contribution in [-0.4, -0.2) is 12.2 Å². The minimum absolute atomic E-state index is 0. The monoisotopic (exact) mass is 434 g/mol. The zero-order valence-electron chi connectivity index (χ0n) is 10.8. The number of hydrogen-bond donors (Lipinski definition) is 2. The van der Waals surface area contributed by atoms with Gasteiger partial charge < -0.3 is 5.73 Å². The first kappa shape index (κ1) is 17.7. The molecule has 21 heavy (non-hydrogen) atoms. The van der Waals surface area contributed by atoms with E-state index >= 15 is 0 Å². The van der Waals surface area contributed by atoms with E-state index in [9.17, 15) is 0 Å². The van der Waals surface area contributed by atoms with Crippen molar-refractivity contribution in [1.29, 1.82) is 0 Å². The first-order valence-electron chi connectivity index (χ1n) is 5.79. The van der Waals surface area contributed by atoms with E-state index in [4.69, 9.17) is 28.9 Å². The van der Waals surface area contributed by atoms with Crippen LogP contribution in [0, 0.1) is 0 Å². The molecule has 0 bridgehead atoms. The molecule has 0 unspecified atom stereocenters. The predicted octanol–water partition coefficient (Wildman–Crippen LogP) is 4.18. The van der Waals surface area contributed by atoms with Crippen LogP contribution in [0.1, 0.15) is 5.56 Å². The van der Waals surface area contributed by atoms with Gasteiger partial charge in [0, 0.05) is 5.56 Å². The molecular weight excluding hydrogens is 422 g/mol. The average molecular weight is 435 g/mol. The van der Waals surface area contributed by atoms with Gasteiger partial charge in [-0.2, -0.15) is 5.10 Å². The number of rotatable bonds is 3. The molecule has 0 atom stereocenters. The number of nitrogens with one attached hydrogen (secondary N) is 1. The Balaban J connectivity index is 0.00000220. The van der Waals surface area contributed by atoms with Gasteiger partial charge in [-0.3, -0.25) is 0 Å². The molecule has 2 aromatic carbocycles. The first-order valence-corrected chi connectivity index (χ1v) is 6.54. The molecule has 0 saturated heterocycles. The Kier molecular flexibility index (Phi) is 7.49. The van der Waals surface area contributed by atoms with Gasteiger partial charge in [0.05, 0.1) is 21.9 Å². The normalized spacial score (nSPS) is 11.2. The van der Waals surface area contributed by atoms with Gasteiger partial charge >= 0.3 is 0 Å². The number of aliphatic imine (C=N–C) groups is 1. The molecule has 2 aromatic rings. The van der Waals surface area contributed by atoms with E-state index in [1.807, 2.05) is 30.3 Å². The van der Waals surface area contributed by atoms with Gasteiger partial charge in [-0.15, -0.1) is 24.0 Å². The molecule has 0 aromatic heterocycles. The summed E-state index contributed by atoms with van der Waals surface area (Å²) in [6.07, 6.45) is 1.50. The van der Waals surface area contributed by atoms with E-state index in [0.29, 0.717) is 15.6 Å². The van der Waals surface area contributed by atoms with Crippen LogP contribution in [-0.2, 0) is 0 Å². The third-order valence-electron chi connectivity index (χ3n) is 2.38. The summed E-state index contributed by atoms with van der Waals surface area (Å²) in [6, 6.07) is 14.6. The van der Waals surface area contributed by atoms with Gasteiger partial charge in [0.15, 0.2) is 0 Å². The molecule has 0 fully saturated rings. The van der Waals surface area contributed by atoms with Gasteiger partial charge in [0.1, 0.15) is 0 Å². The third-order valence-corrected chi connectivity index (χ3v) is 3.04. The van der Waals surface area contributed by atoms with Crippen molar-refractivity contribution in [3.05, 3.63) is 64.1 Å². The van der Waals surface area contributed by atoms with Crippen molar-refractivity contribution >= 4 is 65.0 Å². The fraction of sp³-hybridized carbons (Fsp3) is 0. The summed E-state index contributed by atoms with van der Waals surface area (Å²) in [5, 5.41) is 4.99. The maximum Gasteiger partial charge on any atom is 0.214 e. The number of nitrogens with two attached hydrogens (primary N) is 1. The molecule has 4 nitrogen and oxygen atoms in total. The number of halogens is 3. The van der Waals surface area contributed by atoms with Crippen LogP contribution in [0.5, 0.6) is 0 Å². The molecule has 0 aliphatic rings. The molecule has 0 heterocycles. The zero-order chi connectivity index (χ0) is 14.4. The van der Waals surface area contributed by atoms with Crippen LogP contribution in [0.25, 0.3) is 0 Å². The number of hydrazone groups is 1. The van der Waals surface area contributed by atoms with E-state index in [2.05, 4.69) is 15.5 Å². The Bertz CT molecular complexity index is 624. The number of nitrogens with zero attached hydrogens (tertiary/aromatic N) is 2. The lowest BCUT2D eigenvalue weighted by molar-refractivity contribution is 1.01. The number of guanidine groups is 1. The molecule has 110 valence electrons. The Labute approximate surface area is 150 Å². The highest BCUT2D eigenvalue weighted by Crippen LogP contribution is 2.21. The standard InChI is InChI=1S/C14H12Cl2N4.HI/c15-12-7-4-8-13(16)11(12)9-18-20-14(17)19-10-5-2-1-3-6-10;/h1-9H,(H3,17,19,20);1H/b18-9+;. The van der Waals surface area contributed by atoms with Crippen molar-refractivity contribution in [2.45, 2.75) is 0 Å². The van der Waals surface area contributed by atoms with Crippen molar-refractivity contribution in [1.82, 2.24) is 5.43 Å². The maximum atomic E-state index is 6.01. The van der Waals surface area contributed by atoms with Gasteiger partial charge in [0.2, 0.25) is 5.96 Å². The van der Waals surface area contributed by atoms with Crippen LogP contribution in [0.2, 0.25) is 10.0 Å². The number of benzene rings is 2. The quantitative estimate of drug-likeness (QED) is 0.329. The summed E-state index contributed by atoms with van der Waals surface area (Å²) in [6.45, 7) is 0. The van der Waals surface area contributed by atoms with Crippen LogP contribution in [0.4, 0.5) is 5.69 Å². The summed E-state index contributed by atoms with van der Waals surface area (Å²) < 4.78 is 0. The molecule has 0 radical (unpaired) electrons. The molecule has 2 rings (SSSR count). The van der Waals surface area contributed by atoms with E-state index in [0.717, 1.165) is 5.69 Å². The molecular formula is C14H13Cl2IN4.